The Bertz CT molecular complexity index is 495. The molecule has 0 saturated carbocycles. The summed E-state index contributed by atoms with van der Waals surface area (Å²) in [5, 5.41) is 11.1. The fourth-order valence-electron chi connectivity index (χ4n) is 2.89. The van der Waals surface area contributed by atoms with Crippen molar-refractivity contribution in [3.63, 3.8) is 0 Å². The van der Waals surface area contributed by atoms with Crippen LogP contribution in [0, 0.1) is 10.1 Å². The predicted molar refractivity (Wildman–Crippen MR) is 79.8 cm³/mol. The SMILES string of the molecule is CC1CCCC(CN)N1Cc1ccc(Cl)c([N+](=O)[O-])c1. The monoisotopic (exact) mass is 297 g/mol. The molecule has 5 nitrogen and oxygen atoms in total. The maximum atomic E-state index is 10.9. The molecule has 2 atom stereocenters. The third-order valence-electron chi connectivity index (χ3n) is 4.04. The van der Waals surface area contributed by atoms with Crippen molar-refractivity contribution < 1.29 is 4.92 Å². The van der Waals surface area contributed by atoms with Gasteiger partial charge in [-0.2, -0.15) is 0 Å². The van der Waals surface area contributed by atoms with Gasteiger partial charge in [0.1, 0.15) is 5.02 Å². The van der Waals surface area contributed by atoms with Crippen molar-refractivity contribution >= 4 is 17.3 Å². The van der Waals surface area contributed by atoms with Gasteiger partial charge in [-0.1, -0.05) is 24.1 Å². The van der Waals surface area contributed by atoms with E-state index in [-0.39, 0.29) is 10.7 Å². The Morgan fingerprint density at radius 3 is 2.90 bits per heavy atom. The van der Waals surface area contributed by atoms with Crippen LogP contribution in [0.4, 0.5) is 5.69 Å². The second-order valence-corrected chi connectivity index (χ2v) is 5.79. The summed E-state index contributed by atoms with van der Waals surface area (Å²) in [4.78, 5) is 12.8. The van der Waals surface area contributed by atoms with Crippen LogP contribution in [0.15, 0.2) is 18.2 Å². The van der Waals surface area contributed by atoms with Crippen LogP contribution in [0.1, 0.15) is 31.7 Å². The predicted octanol–water partition coefficient (Wildman–Crippen LogP) is 2.95. The maximum absolute atomic E-state index is 10.9. The van der Waals surface area contributed by atoms with E-state index in [1.54, 1.807) is 12.1 Å². The molecule has 2 N–H and O–H groups in total. The Labute approximate surface area is 123 Å². The molecule has 0 spiro atoms. The highest BCUT2D eigenvalue weighted by Gasteiger charge is 2.27. The summed E-state index contributed by atoms with van der Waals surface area (Å²) < 4.78 is 0. The number of hydrogen-bond acceptors (Lipinski definition) is 4. The minimum Gasteiger partial charge on any atom is -0.329 e. The second kappa shape index (κ2) is 6.52. The zero-order valence-corrected chi connectivity index (χ0v) is 12.3. The van der Waals surface area contributed by atoms with E-state index in [0.717, 1.165) is 18.4 Å². The molecule has 2 unspecified atom stereocenters. The van der Waals surface area contributed by atoms with Crippen LogP contribution >= 0.6 is 11.6 Å². The number of halogens is 1. The van der Waals surface area contributed by atoms with Crippen LogP contribution in [0.2, 0.25) is 5.02 Å². The lowest BCUT2D eigenvalue weighted by Gasteiger charge is -2.40. The van der Waals surface area contributed by atoms with Gasteiger partial charge in [-0.05, 0) is 31.4 Å². The van der Waals surface area contributed by atoms with Crippen LogP contribution in [-0.4, -0.2) is 28.5 Å². The molecule has 1 aliphatic rings. The molecule has 1 aromatic rings. The van der Waals surface area contributed by atoms with Crippen molar-refractivity contribution in [1.82, 2.24) is 4.90 Å². The van der Waals surface area contributed by atoms with Gasteiger partial charge >= 0.3 is 0 Å². The second-order valence-electron chi connectivity index (χ2n) is 5.38. The van der Waals surface area contributed by atoms with E-state index in [4.69, 9.17) is 17.3 Å². The highest BCUT2D eigenvalue weighted by molar-refractivity contribution is 6.32. The first-order valence-electron chi connectivity index (χ1n) is 6.91. The van der Waals surface area contributed by atoms with E-state index in [0.29, 0.717) is 25.2 Å². The lowest BCUT2D eigenvalue weighted by atomic mass is 9.95. The first-order chi connectivity index (χ1) is 9.52. The number of nitrogens with zero attached hydrogens (tertiary/aromatic N) is 2. The van der Waals surface area contributed by atoms with Crippen molar-refractivity contribution in [2.75, 3.05) is 6.54 Å². The largest absolute Gasteiger partial charge is 0.329 e. The van der Waals surface area contributed by atoms with Crippen molar-refractivity contribution in [3.05, 3.63) is 38.9 Å². The Balaban J connectivity index is 2.19. The van der Waals surface area contributed by atoms with Crippen LogP contribution in [0.3, 0.4) is 0 Å². The van der Waals surface area contributed by atoms with Gasteiger partial charge < -0.3 is 5.73 Å². The molecule has 1 saturated heterocycles. The molecule has 1 fully saturated rings. The highest BCUT2D eigenvalue weighted by atomic mass is 35.5. The average Bonchev–Trinajstić information content (AvgIpc) is 2.42. The van der Waals surface area contributed by atoms with Crippen LogP contribution < -0.4 is 5.73 Å². The topological polar surface area (TPSA) is 72.4 Å². The average molecular weight is 298 g/mol. The van der Waals surface area contributed by atoms with Gasteiger partial charge in [-0.3, -0.25) is 15.0 Å². The summed E-state index contributed by atoms with van der Waals surface area (Å²) in [5.41, 5.74) is 6.72. The van der Waals surface area contributed by atoms with E-state index in [1.807, 2.05) is 6.07 Å². The number of hydrogen-bond donors (Lipinski definition) is 1. The van der Waals surface area contributed by atoms with Gasteiger partial charge in [0.2, 0.25) is 0 Å². The Kier molecular flexibility index (Phi) is 4.96. The van der Waals surface area contributed by atoms with E-state index in [9.17, 15) is 10.1 Å². The lowest BCUT2D eigenvalue weighted by Crippen LogP contribution is -2.48. The van der Waals surface area contributed by atoms with E-state index in [2.05, 4.69) is 11.8 Å². The zero-order chi connectivity index (χ0) is 14.7. The van der Waals surface area contributed by atoms with Crippen molar-refractivity contribution in [3.8, 4) is 0 Å². The number of nitro benzene ring substituents is 1. The number of piperidine rings is 1. The first-order valence-corrected chi connectivity index (χ1v) is 7.29. The van der Waals surface area contributed by atoms with Crippen molar-refractivity contribution in [1.29, 1.82) is 0 Å². The van der Waals surface area contributed by atoms with Crippen LogP contribution in [0.5, 0.6) is 0 Å². The maximum Gasteiger partial charge on any atom is 0.288 e. The molecular formula is C14H20ClN3O2. The zero-order valence-electron chi connectivity index (χ0n) is 11.6. The molecule has 0 aliphatic carbocycles. The number of rotatable bonds is 4. The fraction of sp³-hybridized carbons (Fsp3) is 0.571. The summed E-state index contributed by atoms with van der Waals surface area (Å²) in [6, 6.07) is 5.82. The molecule has 1 aliphatic heterocycles. The van der Waals surface area contributed by atoms with Gasteiger partial charge in [0.05, 0.1) is 4.92 Å². The number of likely N-dealkylation sites (tertiary alicyclic amines) is 1. The standard InChI is InChI=1S/C14H20ClN3O2/c1-10-3-2-4-12(8-16)17(10)9-11-5-6-13(15)14(7-11)18(19)20/h5-7,10,12H,2-4,8-9,16H2,1H3. The first kappa shape index (κ1) is 15.2. The minimum atomic E-state index is -0.439. The summed E-state index contributed by atoms with van der Waals surface area (Å²) in [6.45, 7) is 3.49. The van der Waals surface area contributed by atoms with Gasteiger partial charge in [0.25, 0.3) is 5.69 Å². The summed E-state index contributed by atoms with van der Waals surface area (Å²) in [5.74, 6) is 0. The summed E-state index contributed by atoms with van der Waals surface area (Å²) >= 11 is 5.84. The molecule has 0 bridgehead atoms. The fourth-order valence-corrected chi connectivity index (χ4v) is 3.07. The van der Waals surface area contributed by atoms with Gasteiger partial charge in [-0.15, -0.1) is 0 Å². The summed E-state index contributed by atoms with van der Waals surface area (Å²) in [6.07, 6.45) is 3.43. The lowest BCUT2D eigenvalue weighted by molar-refractivity contribution is -0.384. The Morgan fingerprint density at radius 2 is 2.25 bits per heavy atom. The summed E-state index contributed by atoms with van der Waals surface area (Å²) in [7, 11) is 0. The van der Waals surface area contributed by atoms with E-state index < -0.39 is 4.92 Å². The van der Waals surface area contributed by atoms with Crippen molar-refractivity contribution in [2.24, 2.45) is 5.73 Å². The molecule has 0 amide bonds. The molecular weight excluding hydrogens is 278 g/mol. The van der Waals surface area contributed by atoms with Crippen LogP contribution in [-0.2, 0) is 6.54 Å². The Morgan fingerprint density at radius 1 is 1.50 bits per heavy atom. The Hall–Kier alpha value is -1.17. The quantitative estimate of drug-likeness (QED) is 0.685. The molecule has 2 rings (SSSR count). The molecule has 0 aromatic heterocycles. The smallest absolute Gasteiger partial charge is 0.288 e. The number of nitro groups is 1. The third kappa shape index (κ3) is 3.29. The molecule has 1 heterocycles. The molecule has 110 valence electrons. The molecule has 6 heteroatoms. The van der Waals surface area contributed by atoms with E-state index in [1.165, 1.54) is 6.42 Å². The molecule has 20 heavy (non-hydrogen) atoms. The third-order valence-corrected chi connectivity index (χ3v) is 4.36. The van der Waals surface area contributed by atoms with Gasteiger partial charge in [-0.25, -0.2) is 0 Å². The normalized spacial score (nSPS) is 23.8. The van der Waals surface area contributed by atoms with Gasteiger partial charge in [0, 0.05) is 31.2 Å². The van der Waals surface area contributed by atoms with E-state index >= 15 is 0 Å². The molecule has 0 radical (unpaired) electrons. The van der Waals surface area contributed by atoms with Crippen molar-refractivity contribution in [2.45, 2.75) is 44.8 Å². The number of nitrogens with two attached hydrogens (primary N) is 1. The van der Waals surface area contributed by atoms with Gasteiger partial charge in [0.15, 0.2) is 0 Å². The minimum absolute atomic E-state index is 0.0295. The molecule has 1 aromatic carbocycles. The number of benzene rings is 1. The highest BCUT2D eigenvalue weighted by Crippen LogP contribution is 2.28. The van der Waals surface area contributed by atoms with Crippen LogP contribution in [0.25, 0.3) is 0 Å².